The maximum absolute atomic E-state index is 13.7. The molecule has 0 aromatic heterocycles. The minimum Gasteiger partial charge on any atom is -0.354 e. The first-order valence-corrected chi connectivity index (χ1v) is 12.0. The molecule has 0 saturated heterocycles. The van der Waals surface area contributed by atoms with E-state index in [9.17, 15) is 9.59 Å². The Morgan fingerprint density at radius 2 is 1.32 bits per heavy atom. The van der Waals surface area contributed by atoms with E-state index in [1.165, 1.54) is 0 Å². The summed E-state index contributed by atoms with van der Waals surface area (Å²) < 4.78 is 0. The Hall–Kier alpha value is -3.40. The second kappa shape index (κ2) is 12.2. The number of carbonyl (C=O) groups excluding carboxylic acids is 2. The molecule has 0 bridgehead atoms. The third kappa shape index (κ3) is 7.58. The number of nitrogens with zero attached hydrogens (tertiary/aromatic N) is 1. The van der Waals surface area contributed by atoms with Crippen LogP contribution in [0, 0.1) is 19.8 Å². The van der Waals surface area contributed by atoms with Gasteiger partial charge in [0, 0.05) is 19.5 Å². The first kappa shape index (κ1) is 25.2. The molecule has 0 aliphatic carbocycles. The lowest BCUT2D eigenvalue weighted by atomic mass is 10.0. The molecule has 1 unspecified atom stereocenters. The summed E-state index contributed by atoms with van der Waals surface area (Å²) in [6.45, 7) is 9.18. The fourth-order valence-electron chi connectivity index (χ4n) is 3.85. The van der Waals surface area contributed by atoms with E-state index in [1.54, 1.807) is 4.90 Å². The largest absolute Gasteiger partial charge is 0.354 e. The molecule has 3 aromatic rings. The molecule has 0 heterocycles. The zero-order valence-corrected chi connectivity index (χ0v) is 20.8. The SMILES string of the molecule is Cc1ccc(CC(=O)N(Cc2ccc(C)cc2)C(Cc2ccccc2)C(=O)NCC(C)C)cc1. The van der Waals surface area contributed by atoms with Crippen LogP contribution in [0.5, 0.6) is 0 Å². The summed E-state index contributed by atoms with van der Waals surface area (Å²) in [6, 6.07) is 25.5. The molecule has 1 atom stereocenters. The lowest BCUT2D eigenvalue weighted by Gasteiger charge is -2.32. The molecule has 0 radical (unpaired) electrons. The van der Waals surface area contributed by atoms with Crippen molar-refractivity contribution in [2.75, 3.05) is 6.54 Å². The van der Waals surface area contributed by atoms with Gasteiger partial charge in [-0.3, -0.25) is 9.59 Å². The molecule has 0 spiro atoms. The molecular formula is C30H36N2O2. The smallest absolute Gasteiger partial charge is 0.243 e. The van der Waals surface area contributed by atoms with Crippen molar-refractivity contribution in [3.8, 4) is 0 Å². The third-order valence-corrected chi connectivity index (χ3v) is 5.91. The Labute approximate surface area is 204 Å². The van der Waals surface area contributed by atoms with Gasteiger partial charge in [0.2, 0.25) is 11.8 Å². The number of benzene rings is 3. The summed E-state index contributed by atoms with van der Waals surface area (Å²) in [5.41, 5.74) is 5.31. The summed E-state index contributed by atoms with van der Waals surface area (Å²) in [6.07, 6.45) is 0.727. The molecule has 1 N–H and O–H groups in total. The van der Waals surface area contributed by atoms with Gasteiger partial charge in [-0.05, 0) is 36.5 Å². The molecule has 3 rings (SSSR count). The van der Waals surface area contributed by atoms with Gasteiger partial charge < -0.3 is 10.2 Å². The molecule has 0 fully saturated rings. The highest BCUT2D eigenvalue weighted by Gasteiger charge is 2.30. The minimum absolute atomic E-state index is 0.0509. The highest BCUT2D eigenvalue weighted by atomic mass is 16.2. The van der Waals surface area contributed by atoms with Crippen LogP contribution in [0.4, 0.5) is 0 Å². The van der Waals surface area contributed by atoms with Crippen LogP contribution >= 0.6 is 0 Å². The van der Waals surface area contributed by atoms with Gasteiger partial charge in [-0.2, -0.15) is 0 Å². The minimum atomic E-state index is -0.597. The predicted molar refractivity (Wildman–Crippen MR) is 138 cm³/mol. The zero-order chi connectivity index (χ0) is 24.5. The fourth-order valence-corrected chi connectivity index (χ4v) is 3.85. The summed E-state index contributed by atoms with van der Waals surface area (Å²) in [5, 5.41) is 3.07. The highest BCUT2D eigenvalue weighted by molar-refractivity contribution is 5.88. The van der Waals surface area contributed by atoms with Gasteiger partial charge in [0.1, 0.15) is 6.04 Å². The second-order valence-electron chi connectivity index (χ2n) is 9.51. The molecular weight excluding hydrogens is 420 g/mol. The van der Waals surface area contributed by atoms with Gasteiger partial charge in [0.05, 0.1) is 6.42 Å². The van der Waals surface area contributed by atoms with E-state index in [0.29, 0.717) is 25.4 Å². The second-order valence-corrected chi connectivity index (χ2v) is 9.51. The van der Waals surface area contributed by atoms with Crippen molar-refractivity contribution in [3.05, 3.63) is 107 Å². The van der Waals surface area contributed by atoms with E-state index in [2.05, 4.69) is 19.2 Å². The number of amides is 2. The van der Waals surface area contributed by atoms with Crippen molar-refractivity contribution in [1.82, 2.24) is 10.2 Å². The van der Waals surface area contributed by atoms with Crippen LogP contribution in [-0.2, 0) is 29.0 Å². The predicted octanol–water partition coefficient (Wildman–Crippen LogP) is 5.26. The third-order valence-electron chi connectivity index (χ3n) is 5.91. The maximum atomic E-state index is 13.7. The van der Waals surface area contributed by atoms with Gasteiger partial charge in [-0.15, -0.1) is 0 Å². The Morgan fingerprint density at radius 1 is 0.765 bits per heavy atom. The van der Waals surface area contributed by atoms with Gasteiger partial charge in [-0.1, -0.05) is 104 Å². The van der Waals surface area contributed by atoms with Crippen molar-refractivity contribution < 1.29 is 9.59 Å². The van der Waals surface area contributed by atoms with E-state index in [4.69, 9.17) is 0 Å². The molecule has 0 saturated carbocycles. The van der Waals surface area contributed by atoms with Crippen LogP contribution in [0.25, 0.3) is 0 Å². The Morgan fingerprint density at radius 3 is 1.88 bits per heavy atom. The van der Waals surface area contributed by atoms with Crippen molar-refractivity contribution in [2.45, 2.75) is 53.1 Å². The van der Waals surface area contributed by atoms with Crippen LogP contribution in [0.15, 0.2) is 78.9 Å². The quantitative estimate of drug-likeness (QED) is 0.452. The van der Waals surface area contributed by atoms with Crippen LogP contribution in [0.2, 0.25) is 0 Å². The summed E-state index contributed by atoms with van der Waals surface area (Å²) in [4.78, 5) is 28.9. The van der Waals surface area contributed by atoms with Crippen LogP contribution in [0.1, 0.15) is 41.7 Å². The standard InChI is InChI=1S/C30H36N2O2/c1-22(2)20-31-30(34)28(18-25-8-6-5-7-9-25)32(21-27-16-12-24(4)13-17-27)29(33)19-26-14-10-23(3)11-15-26/h5-17,22,28H,18-21H2,1-4H3,(H,31,34). The van der Waals surface area contributed by atoms with E-state index in [1.807, 2.05) is 92.7 Å². The van der Waals surface area contributed by atoms with Gasteiger partial charge >= 0.3 is 0 Å². The zero-order valence-electron chi connectivity index (χ0n) is 20.8. The summed E-state index contributed by atoms with van der Waals surface area (Å²) in [5.74, 6) is 0.169. The molecule has 3 aromatic carbocycles. The lowest BCUT2D eigenvalue weighted by molar-refractivity contribution is -0.140. The summed E-state index contributed by atoms with van der Waals surface area (Å²) in [7, 11) is 0. The number of carbonyl (C=O) groups is 2. The van der Waals surface area contributed by atoms with Crippen LogP contribution in [0.3, 0.4) is 0 Å². The topological polar surface area (TPSA) is 49.4 Å². The van der Waals surface area contributed by atoms with Crippen molar-refractivity contribution in [2.24, 2.45) is 5.92 Å². The fraction of sp³-hybridized carbons (Fsp3) is 0.333. The van der Waals surface area contributed by atoms with Crippen LogP contribution in [-0.4, -0.2) is 29.3 Å². The molecule has 4 nitrogen and oxygen atoms in total. The number of rotatable bonds is 10. The Bertz CT molecular complexity index is 1060. The first-order chi connectivity index (χ1) is 16.3. The van der Waals surface area contributed by atoms with Crippen LogP contribution < -0.4 is 5.32 Å². The molecule has 0 aliphatic rings. The maximum Gasteiger partial charge on any atom is 0.243 e. The molecule has 178 valence electrons. The van der Waals surface area contributed by atoms with Gasteiger partial charge in [-0.25, -0.2) is 0 Å². The van der Waals surface area contributed by atoms with E-state index in [0.717, 1.165) is 27.8 Å². The summed E-state index contributed by atoms with van der Waals surface area (Å²) >= 11 is 0. The van der Waals surface area contributed by atoms with Crippen molar-refractivity contribution >= 4 is 11.8 Å². The molecule has 4 heteroatoms. The van der Waals surface area contributed by atoms with Crippen molar-refractivity contribution in [3.63, 3.8) is 0 Å². The number of nitrogens with one attached hydrogen (secondary N) is 1. The highest BCUT2D eigenvalue weighted by Crippen LogP contribution is 2.17. The van der Waals surface area contributed by atoms with E-state index >= 15 is 0 Å². The normalized spacial score (nSPS) is 11.8. The Kier molecular flexibility index (Phi) is 9.03. The number of aryl methyl sites for hydroxylation is 2. The van der Waals surface area contributed by atoms with Gasteiger partial charge in [0.25, 0.3) is 0 Å². The Balaban J connectivity index is 1.93. The average Bonchev–Trinajstić information content (AvgIpc) is 2.83. The number of hydrogen-bond acceptors (Lipinski definition) is 2. The lowest BCUT2D eigenvalue weighted by Crippen LogP contribution is -2.51. The molecule has 0 aliphatic heterocycles. The van der Waals surface area contributed by atoms with Crippen molar-refractivity contribution in [1.29, 1.82) is 0 Å². The number of hydrogen-bond donors (Lipinski definition) is 1. The first-order valence-electron chi connectivity index (χ1n) is 12.0. The van der Waals surface area contributed by atoms with E-state index in [-0.39, 0.29) is 18.2 Å². The van der Waals surface area contributed by atoms with Gasteiger partial charge in [0.15, 0.2) is 0 Å². The monoisotopic (exact) mass is 456 g/mol. The molecule has 2 amide bonds. The van der Waals surface area contributed by atoms with E-state index < -0.39 is 6.04 Å². The molecule has 34 heavy (non-hydrogen) atoms. The average molecular weight is 457 g/mol.